The molecule has 1 aliphatic heterocycles. The molecule has 1 aliphatic carbocycles. The summed E-state index contributed by atoms with van der Waals surface area (Å²) in [6, 6.07) is 8.06. The Morgan fingerprint density at radius 2 is 1.78 bits per heavy atom. The van der Waals surface area contributed by atoms with Gasteiger partial charge in [-0.2, -0.15) is 0 Å². The molecule has 1 heterocycles. The zero-order valence-corrected chi connectivity index (χ0v) is 20.1. The molecule has 2 aliphatic rings. The number of hydrogen-bond donors (Lipinski definition) is 1. The smallest absolute Gasteiger partial charge is 0.231 e. The third-order valence-corrected chi connectivity index (χ3v) is 7.24. The van der Waals surface area contributed by atoms with Gasteiger partial charge in [0.2, 0.25) is 11.8 Å². The second kappa shape index (κ2) is 12.6. The highest BCUT2D eigenvalue weighted by Gasteiger charge is 2.33. The average molecular weight is 462 g/mol. The number of carbonyl (C=O) groups is 2. The lowest BCUT2D eigenvalue weighted by Gasteiger charge is -2.45. The Morgan fingerprint density at radius 3 is 2.38 bits per heavy atom. The summed E-state index contributed by atoms with van der Waals surface area (Å²) in [6.45, 7) is 7.38. The standard InChI is InChI=1S/C25H38ClN4O2/c1-2-28(19-24(27)31)18-23(21-6-4-3-5-7-21)29-14-16-30(17-15-29)25(32)13-10-20-8-11-22(26)12-9-20/h8-9,11-13,21,23H,2-7,10,14-19H2,1H3,(H2,27,31). The quantitative estimate of drug-likeness (QED) is 0.581. The van der Waals surface area contributed by atoms with E-state index in [0.717, 1.165) is 44.8 Å². The normalized spacial score (nSPS) is 19.3. The van der Waals surface area contributed by atoms with Crippen LogP contribution in [0.15, 0.2) is 24.3 Å². The van der Waals surface area contributed by atoms with Crippen LogP contribution in [0.3, 0.4) is 0 Å². The van der Waals surface area contributed by atoms with Crippen LogP contribution in [0.25, 0.3) is 0 Å². The maximum Gasteiger partial charge on any atom is 0.231 e. The summed E-state index contributed by atoms with van der Waals surface area (Å²) >= 11 is 5.94. The molecule has 1 saturated carbocycles. The predicted octanol–water partition coefficient (Wildman–Crippen LogP) is 2.99. The Balaban J connectivity index is 1.54. The Morgan fingerprint density at radius 1 is 1.12 bits per heavy atom. The predicted molar refractivity (Wildman–Crippen MR) is 129 cm³/mol. The van der Waals surface area contributed by atoms with Crippen LogP contribution < -0.4 is 5.73 Å². The van der Waals surface area contributed by atoms with Gasteiger partial charge in [0.25, 0.3) is 0 Å². The molecule has 1 atom stereocenters. The molecule has 1 radical (unpaired) electrons. The Bertz CT molecular complexity index is 728. The third kappa shape index (κ3) is 7.46. The number of nitrogens with two attached hydrogens (primary N) is 1. The average Bonchev–Trinajstić information content (AvgIpc) is 2.81. The van der Waals surface area contributed by atoms with Crippen molar-refractivity contribution in [3.8, 4) is 0 Å². The van der Waals surface area contributed by atoms with Crippen LogP contribution in [0.1, 0.15) is 44.6 Å². The molecular formula is C25H38ClN4O2. The second-order valence-corrected chi connectivity index (χ2v) is 9.59. The van der Waals surface area contributed by atoms with E-state index in [2.05, 4.69) is 16.7 Å². The van der Waals surface area contributed by atoms with Gasteiger partial charge in [0.1, 0.15) is 0 Å². The number of rotatable bonds is 10. The summed E-state index contributed by atoms with van der Waals surface area (Å²) in [5.41, 5.74) is 6.57. The number of carbonyl (C=O) groups excluding carboxylic acids is 2. The summed E-state index contributed by atoms with van der Waals surface area (Å²) in [5, 5.41) is 0.709. The number of hydrogen-bond acceptors (Lipinski definition) is 4. The molecule has 0 bridgehead atoms. The van der Waals surface area contributed by atoms with Gasteiger partial charge in [0.05, 0.1) is 13.0 Å². The summed E-state index contributed by atoms with van der Waals surface area (Å²) < 4.78 is 0. The molecular weight excluding hydrogens is 424 g/mol. The van der Waals surface area contributed by atoms with E-state index in [-0.39, 0.29) is 11.8 Å². The van der Waals surface area contributed by atoms with Gasteiger partial charge in [-0.05, 0) is 49.4 Å². The van der Waals surface area contributed by atoms with Crippen molar-refractivity contribution in [2.45, 2.75) is 51.5 Å². The Labute approximate surface area is 198 Å². The minimum Gasteiger partial charge on any atom is -0.369 e. The fourth-order valence-electron chi connectivity index (χ4n) is 5.10. The molecule has 1 aromatic rings. The lowest BCUT2D eigenvalue weighted by molar-refractivity contribution is -0.130. The first-order valence-corrected chi connectivity index (χ1v) is 12.4. The van der Waals surface area contributed by atoms with Crippen LogP contribution >= 0.6 is 11.6 Å². The number of nitrogens with zero attached hydrogens (tertiary/aromatic N) is 3. The number of likely N-dealkylation sites (N-methyl/N-ethyl adjacent to an activating group) is 1. The largest absolute Gasteiger partial charge is 0.369 e. The highest BCUT2D eigenvalue weighted by atomic mass is 35.5. The van der Waals surface area contributed by atoms with E-state index in [1.54, 1.807) is 6.42 Å². The van der Waals surface area contributed by atoms with Crippen LogP contribution in [0.4, 0.5) is 0 Å². The van der Waals surface area contributed by atoms with Gasteiger partial charge in [-0.25, -0.2) is 0 Å². The number of amides is 2. The summed E-state index contributed by atoms with van der Waals surface area (Å²) in [4.78, 5) is 30.9. The lowest BCUT2D eigenvalue weighted by Crippen LogP contribution is -2.57. The number of benzene rings is 1. The zero-order valence-electron chi connectivity index (χ0n) is 19.3. The van der Waals surface area contributed by atoms with Crippen LogP contribution in [-0.4, -0.2) is 78.4 Å². The molecule has 0 spiro atoms. The highest BCUT2D eigenvalue weighted by Crippen LogP contribution is 2.30. The van der Waals surface area contributed by atoms with Crippen LogP contribution in [0.5, 0.6) is 0 Å². The van der Waals surface area contributed by atoms with Crippen molar-refractivity contribution in [3.05, 3.63) is 41.3 Å². The topological polar surface area (TPSA) is 69.9 Å². The maximum atomic E-state index is 12.7. The first kappa shape index (κ1) is 25.0. The van der Waals surface area contributed by atoms with Gasteiger partial charge in [0, 0.05) is 43.8 Å². The molecule has 177 valence electrons. The Hall–Kier alpha value is -1.63. The SMILES string of the molecule is CCN(CC(N)=O)CC(C1CCCCC1)N1CCN(C(=O)[CH]Cc2ccc(Cl)cc2)CC1. The van der Waals surface area contributed by atoms with E-state index in [1.807, 2.05) is 29.2 Å². The molecule has 3 rings (SSSR count). The third-order valence-electron chi connectivity index (χ3n) is 6.99. The minimum absolute atomic E-state index is 0.109. The molecule has 1 aromatic carbocycles. The molecule has 2 fully saturated rings. The monoisotopic (exact) mass is 461 g/mol. The maximum absolute atomic E-state index is 12.7. The van der Waals surface area contributed by atoms with Crippen LogP contribution in [0.2, 0.25) is 5.02 Å². The van der Waals surface area contributed by atoms with Gasteiger partial charge in [-0.15, -0.1) is 0 Å². The van der Waals surface area contributed by atoms with Crippen molar-refractivity contribution in [3.63, 3.8) is 0 Å². The fraction of sp³-hybridized carbons (Fsp3) is 0.640. The molecule has 6 nitrogen and oxygen atoms in total. The van der Waals surface area contributed by atoms with Gasteiger partial charge < -0.3 is 10.6 Å². The molecule has 2 amide bonds. The first-order chi connectivity index (χ1) is 15.5. The van der Waals surface area contributed by atoms with Crippen LogP contribution in [-0.2, 0) is 16.0 Å². The molecule has 1 unspecified atom stereocenters. The lowest BCUT2D eigenvalue weighted by atomic mass is 9.82. The summed E-state index contributed by atoms with van der Waals surface area (Å²) in [6.07, 6.45) is 8.83. The molecule has 1 saturated heterocycles. The molecule has 0 aromatic heterocycles. The fourth-order valence-corrected chi connectivity index (χ4v) is 5.23. The van der Waals surface area contributed by atoms with Gasteiger partial charge in [0.15, 0.2) is 0 Å². The highest BCUT2D eigenvalue weighted by molar-refractivity contribution is 6.30. The number of halogens is 1. The molecule has 7 heteroatoms. The summed E-state index contributed by atoms with van der Waals surface area (Å²) in [5.74, 6) is 0.503. The zero-order chi connectivity index (χ0) is 22.9. The van der Waals surface area contributed by atoms with Gasteiger partial charge >= 0.3 is 0 Å². The minimum atomic E-state index is -0.263. The number of primary amides is 1. The van der Waals surface area contributed by atoms with Crippen molar-refractivity contribution in [2.24, 2.45) is 11.7 Å². The van der Waals surface area contributed by atoms with E-state index in [4.69, 9.17) is 17.3 Å². The first-order valence-electron chi connectivity index (χ1n) is 12.1. The molecule has 2 N–H and O–H groups in total. The molecule has 32 heavy (non-hydrogen) atoms. The van der Waals surface area contributed by atoms with Gasteiger partial charge in [-0.1, -0.05) is 49.9 Å². The van der Waals surface area contributed by atoms with E-state index >= 15 is 0 Å². The van der Waals surface area contributed by atoms with E-state index < -0.39 is 0 Å². The second-order valence-electron chi connectivity index (χ2n) is 9.16. The Kier molecular flexibility index (Phi) is 9.82. The van der Waals surface area contributed by atoms with Crippen molar-refractivity contribution in [1.29, 1.82) is 0 Å². The van der Waals surface area contributed by atoms with Gasteiger partial charge in [-0.3, -0.25) is 19.4 Å². The van der Waals surface area contributed by atoms with Crippen molar-refractivity contribution in [1.82, 2.24) is 14.7 Å². The summed E-state index contributed by atoms with van der Waals surface area (Å²) in [7, 11) is 0. The van der Waals surface area contributed by atoms with Crippen LogP contribution in [0, 0.1) is 12.3 Å². The van der Waals surface area contributed by atoms with Crippen molar-refractivity contribution >= 4 is 23.4 Å². The van der Waals surface area contributed by atoms with Crippen molar-refractivity contribution in [2.75, 3.05) is 45.8 Å². The van der Waals surface area contributed by atoms with E-state index in [1.165, 1.54) is 32.1 Å². The van der Waals surface area contributed by atoms with E-state index in [0.29, 0.717) is 29.9 Å². The van der Waals surface area contributed by atoms with E-state index in [9.17, 15) is 9.59 Å². The van der Waals surface area contributed by atoms with Crippen molar-refractivity contribution < 1.29 is 9.59 Å². The number of piperazine rings is 1.